The Balaban J connectivity index is 1.97. The van der Waals surface area contributed by atoms with Crippen molar-refractivity contribution in [3.63, 3.8) is 0 Å². The fourth-order valence-electron chi connectivity index (χ4n) is 3.83. The molecule has 5 nitrogen and oxygen atoms in total. The van der Waals surface area contributed by atoms with Gasteiger partial charge in [0.15, 0.2) is 0 Å². The van der Waals surface area contributed by atoms with Crippen LogP contribution in [-0.2, 0) is 6.54 Å². The van der Waals surface area contributed by atoms with Crippen molar-refractivity contribution in [3.05, 3.63) is 39.8 Å². The Labute approximate surface area is 146 Å². The zero-order valence-electron chi connectivity index (χ0n) is 14.6. The number of benzene rings is 1. The molecule has 1 aromatic carbocycles. The van der Waals surface area contributed by atoms with Gasteiger partial charge in [-0.25, -0.2) is 0 Å². The molecule has 1 saturated heterocycles. The molecule has 0 amide bonds. The van der Waals surface area contributed by atoms with E-state index in [-0.39, 0.29) is 5.56 Å². The maximum Gasteiger partial charge on any atom is 0.262 e. The van der Waals surface area contributed by atoms with Gasteiger partial charge in [-0.3, -0.25) is 9.89 Å². The van der Waals surface area contributed by atoms with E-state index in [4.69, 9.17) is 0 Å². The summed E-state index contributed by atoms with van der Waals surface area (Å²) in [6, 6.07) is 6.04. The van der Waals surface area contributed by atoms with Gasteiger partial charge in [0, 0.05) is 23.2 Å². The Kier molecular flexibility index (Phi) is 4.06. The van der Waals surface area contributed by atoms with Crippen LogP contribution in [0.4, 0.5) is 0 Å². The number of piperidine rings is 1. The normalized spacial score (nSPS) is 17.6. The number of nitrogens with one attached hydrogen (secondary N) is 2. The number of H-pyrrole nitrogens is 1. The van der Waals surface area contributed by atoms with Crippen molar-refractivity contribution >= 4 is 21.8 Å². The van der Waals surface area contributed by atoms with Gasteiger partial charge < -0.3 is 9.88 Å². The van der Waals surface area contributed by atoms with Gasteiger partial charge >= 0.3 is 0 Å². The Morgan fingerprint density at radius 2 is 2.28 bits per heavy atom. The highest BCUT2D eigenvalue weighted by Crippen LogP contribution is 2.25. The molecule has 0 saturated carbocycles. The van der Waals surface area contributed by atoms with Crippen LogP contribution in [0, 0.1) is 24.7 Å². The molecule has 1 atom stereocenters. The first-order valence-corrected chi connectivity index (χ1v) is 8.83. The number of aromatic nitrogens is 3. The van der Waals surface area contributed by atoms with Crippen molar-refractivity contribution in [2.45, 2.75) is 33.2 Å². The van der Waals surface area contributed by atoms with E-state index in [1.54, 1.807) is 0 Å². The highest BCUT2D eigenvalue weighted by Gasteiger charge is 2.19. The summed E-state index contributed by atoms with van der Waals surface area (Å²) in [6.07, 6.45) is 2.32. The lowest BCUT2D eigenvalue weighted by molar-refractivity contribution is 0.338. The van der Waals surface area contributed by atoms with E-state index in [2.05, 4.69) is 27.4 Å². The maximum absolute atomic E-state index is 13.2. The molecule has 0 aliphatic carbocycles. The van der Waals surface area contributed by atoms with Crippen LogP contribution in [0.5, 0.6) is 0 Å². The van der Waals surface area contributed by atoms with Crippen molar-refractivity contribution in [1.29, 1.82) is 0 Å². The molecule has 0 unspecified atom stereocenters. The lowest BCUT2D eigenvalue weighted by Gasteiger charge is -2.24. The van der Waals surface area contributed by atoms with Gasteiger partial charge in [0.1, 0.15) is 5.52 Å². The third-order valence-corrected chi connectivity index (χ3v) is 5.06. The molecule has 3 aromatic rings. The summed E-state index contributed by atoms with van der Waals surface area (Å²) in [4.78, 5) is 13.2. The van der Waals surface area contributed by atoms with Gasteiger partial charge in [0.25, 0.3) is 5.56 Å². The molecule has 5 heteroatoms. The molecule has 128 valence electrons. The first-order valence-electron chi connectivity index (χ1n) is 8.83. The average molecular weight is 334 g/mol. The summed E-state index contributed by atoms with van der Waals surface area (Å²) >= 11 is 0. The third-order valence-electron chi connectivity index (χ3n) is 5.06. The molecule has 1 aliphatic rings. The third kappa shape index (κ3) is 2.73. The number of hydrogen-bond donors (Lipinski definition) is 2. The summed E-state index contributed by atoms with van der Waals surface area (Å²) in [5.74, 6) is 6.52. The molecule has 1 fully saturated rings. The number of hydrogen-bond acceptors (Lipinski definition) is 3. The second kappa shape index (κ2) is 6.38. The number of pyridine rings is 1. The lowest BCUT2D eigenvalue weighted by atomic mass is 9.99. The molecule has 3 heterocycles. The van der Waals surface area contributed by atoms with E-state index >= 15 is 0 Å². The summed E-state index contributed by atoms with van der Waals surface area (Å²) in [7, 11) is 0. The predicted molar refractivity (Wildman–Crippen MR) is 101 cm³/mol. The Morgan fingerprint density at radius 1 is 1.40 bits per heavy atom. The van der Waals surface area contributed by atoms with Gasteiger partial charge in [-0.05, 0) is 63.9 Å². The standard InChI is InChI=1S/C20H22N4O/c1-3-5-14-7-8-17-16(10-14)19-18(13(2)22-23-19)20(25)24(17)12-15-6-4-9-21-11-15/h7-8,10,15,21H,4,6,9,11-12H2,1-2H3,(H,22,23)/t15-/m0/s1. The largest absolute Gasteiger partial charge is 0.316 e. The van der Waals surface area contributed by atoms with Crippen molar-refractivity contribution in [1.82, 2.24) is 20.1 Å². The van der Waals surface area contributed by atoms with Crippen molar-refractivity contribution < 1.29 is 0 Å². The summed E-state index contributed by atoms with van der Waals surface area (Å²) in [6.45, 7) is 6.52. The summed E-state index contributed by atoms with van der Waals surface area (Å²) in [5.41, 5.74) is 3.51. The van der Waals surface area contributed by atoms with E-state index in [9.17, 15) is 4.79 Å². The van der Waals surface area contributed by atoms with Crippen LogP contribution in [0.2, 0.25) is 0 Å². The molecule has 0 bridgehead atoms. The number of aryl methyl sites for hydroxylation is 1. The molecule has 2 N–H and O–H groups in total. The van der Waals surface area contributed by atoms with Crippen LogP contribution in [0.3, 0.4) is 0 Å². The van der Waals surface area contributed by atoms with E-state index in [1.807, 2.05) is 36.6 Å². The topological polar surface area (TPSA) is 62.7 Å². The Hall–Kier alpha value is -2.58. The van der Waals surface area contributed by atoms with Gasteiger partial charge in [0.05, 0.1) is 10.9 Å². The molecule has 2 aromatic heterocycles. The Bertz CT molecular complexity index is 1060. The highest BCUT2D eigenvalue weighted by atomic mass is 16.1. The molecule has 0 radical (unpaired) electrons. The monoisotopic (exact) mass is 334 g/mol. The van der Waals surface area contributed by atoms with Gasteiger partial charge in [-0.15, -0.1) is 5.92 Å². The number of fused-ring (bicyclic) bond motifs is 3. The molecular weight excluding hydrogens is 312 g/mol. The van der Waals surface area contributed by atoms with E-state index in [1.165, 1.54) is 6.42 Å². The second-order valence-electron chi connectivity index (χ2n) is 6.81. The second-order valence-corrected chi connectivity index (χ2v) is 6.81. The van der Waals surface area contributed by atoms with Crippen molar-refractivity contribution in [2.24, 2.45) is 5.92 Å². The minimum absolute atomic E-state index is 0.0497. The average Bonchev–Trinajstić information content (AvgIpc) is 3.02. The van der Waals surface area contributed by atoms with Gasteiger partial charge in [-0.1, -0.05) is 5.92 Å². The SMILES string of the molecule is CC#Cc1ccc2c(c1)c1n[nH]c(C)c1c(=O)n2C[C@H]1CCCNC1. The summed E-state index contributed by atoms with van der Waals surface area (Å²) in [5, 5.41) is 12.5. The van der Waals surface area contributed by atoms with Crippen molar-refractivity contribution in [2.75, 3.05) is 13.1 Å². The van der Waals surface area contributed by atoms with Crippen LogP contribution in [0.1, 0.15) is 31.0 Å². The van der Waals surface area contributed by atoms with E-state index in [0.717, 1.165) is 53.7 Å². The lowest BCUT2D eigenvalue weighted by Crippen LogP contribution is -2.35. The smallest absolute Gasteiger partial charge is 0.262 e. The van der Waals surface area contributed by atoms with E-state index in [0.29, 0.717) is 11.3 Å². The highest BCUT2D eigenvalue weighted by molar-refractivity contribution is 6.04. The number of rotatable bonds is 2. The van der Waals surface area contributed by atoms with Crippen LogP contribution >= 0.6 is 0 Å². The van der Waals surface area contributed by atoms with Gasteiger partial charge in [0.2, 0.25) is 0 Å². The summed E-state index contributed by atoms with van der Waals surface area (Å²) < 4.78 is 1.93. The fraction of sp³-hybridized carbons (Fsp3) is 0.400. The number of nitrogens with zero attached hydrogens (tertiary/aromatic N) is 2. The fourth-order valence-corrected chi connectivity index (χ4v) is 3.83. The maximum atomic E-state index is 13.2. The van der Waals surface area contributed by atoms with Crippen LogP contribution in [-0.4, -0.2) is 27.9 Å². The van der Waals surface area contributed by atoms with Crippen LogP contribution in [0.25, 0.3) is 21.8 Å². The molecule has 1 aliphatic heterocycles. The van der Waals surface area contributed by atoms with Crippen LogP contribution in [0.15, 0.2) is 23.0 Å². The molecular formula is C20H22N4O. The van der Waals surface area contributed by atoms with Crippen molar-refractivity contribution in [3.8, 4) is 11.8 Å². The predicted octanol–water partition coefficient (Wildman–Crippen LogP) is 2.56. The zero-order chi connectivity index (χ0) is 17.4. The molecule has 25 heavy (non-hydrogen) atoms. The van der Waals surface area contributed by atoms with Gasteiger partial charge in [-0.2, -0.15) is 5.10 Å². The molecule has 0 spiro atoms. The van der Waals surface area contributed by atoms with E-state index < -0.39 is 0 Å². The minimum Gasteiger partial charge on any atom is -0.316 e. The first kappa shape index (κ1) is 15.9. The minimum atomic E-state index is 0.0497. The number of aromatic amines is 1. The zero-order valence-corrected chi connectivity index (χ0v) is 14.6. The quantitative estimate of drug-likeness (QED) is 0.708. The molecule has 4 rings (SSSR count). The first-order chi connectivity index (χ1) is 12.2. The Morgan fingerprint density at radius 3 is 3.04 bits per heavy atom. The van der Waals surface area contributed by atoms with Crippen LogP contribution < -0.4 is 10.9 Å².